The fourth-order valence-electron chi connectivity index (χ4n) is 3.67. The van der Waals surface area contributed by atoms with Gasteiger partial charge in [-0.15, -0.1) is 0 Å². The van der Waals surface area contributed by atoms with Crippen LogP contribution in [0, 0.1) is 0 Å². The topological polar surface area (TPSA) is 110 Å². The molecular formula is C23H19N3O6S. The van der Waals surface area contributed by atoms with Gasteiger partial charge in [0, 0.05) is 28.7 Å². The molecule has 33 heavy (non-hydrogen) atoms. The number of ether oxygens (including phenoxy) is 2. The second-order valence-corrected chi connectivity index (χ2v) is 7.51. The van der Waals surface area contributed by atoms with Crippen molar-refractivity contribution < 1.29 is 29.0 Å². The third-order valence-electron chi connectivity index (χ3n) is 5.15. The summed E-state index contributed by atoms with van der Waals surface area (Å²) < 4.78 is 12.1. The molecule has 9 nitrogen and oxygen atoms in total. The number of aliphatic carboxylic acids is 1. The van der Waals surface area contributed by atoms with E-state index in [2.05, 4.69) is 5.32 Å². The van der Waals surface area contributed by atoms with E-state index in [0.717, 1.165) is 0 Å². The molecule has 2 amide bonds. The van der Waals surface area contributed by atoms with Crippen LogP contribution in [0.4, 0.5) is 5.69 Å². The molecule has 1 aliphatic rings. The summed E-state index contributed by atoms with van der Waals surface area (Å²) >= 11 is 5.27. The first-order chi connectivity index (χ1) is 15.8. The number of benzene rings is 2. The van der Waals surface area contributed by atoms with Crippen LogP contribution in [0.3, 0.4) is 0 Å². The average Bonchev–Trinajstić information content (AvgIpc) is 3.13. The van der Waals surface area contributed by atoms with Crippen LogP contribution in [0.25, 0.3) is 17.0 Å². The maximum Gasteiger partial charge on any atom is 0.323 e. The molecule has 2 aromatic carbocycles. The van der Waals surface area contributed by atoms with Gasteiger partial charge in [0.25, 0.3) is 11.8 Å². The van der Waals surface area contributed by atoms with Crippen molar-refractivity contribution in [3.8, 4) is 11.5 Å². The van der Waals surface area contributed by atoms with Gasteiger partial charge in [-0.25, -0.2) is 4.90 Å². The Bertz CT molecular complexity index is 1340. The Morgan fingerprint density at radius 3 is 2.61 bits per heavy atom. The van der Waals surface area contributed by atoms with Crippen molar-refractivity contribution in [2.45, 2.75) is 6.54 Å². The molecule has 1 aromatic heterocycles. The molecule has 10 heteroatoms. The zero-order valence-corrected chi connectivity index (χ0v) is 18.5. The minimum Gasteiger partial charge on any atom is -0.497 e. The van der Waals surface area contributed by atoms with Gasteiger partial charge in [-0.2, -0.15) is 0 Å². The van der Waals surface area contributed by atoms with Crippen molar-refractivity contribution in [3.05, 3.63) is 59.8 Å². The van der Waals surface area contributed by atoms with Gasteiger partial charge in [0.1, 0.15) is 23.6 Å². The lowest BCUT2D eigenvalue weighted by Gasteiger charge is -2.30. The summed E-state index contributed by atoms with van der Waals surface area (Å²) in [7, 11) is 2.95. The molecule has 0 spiro atoms. The summed E-state index contributed by atoms with van der Waals surface area (Å²) in [5, 5.41) is 12.4. The third kappa shape index (κ3) is 4.03. The first-order valence-corrected chi connectivity index (χ1v) is 10.2. The summed E-state index contributed by atoms with van der Waals surface area (Å²) in [6, 6.07) is 12.0. The number of aromatic nitrogens is 1. The van der Waals surface area contributed by atoms with E-state index in [1.54, 1.807) is 53.2 Å². The van der Waals surface area contributed by atoms with Crippen LogP contribution in [-0.4, -0.2) is 46.8 Å². The molecule has 0 saturated carbocycles. The summed E-state index contributed by atoms with van der Waals surface area (Å²) in [6.45, 7) is -0.261. The zero-order chi connectivity index (χ0) is 23.7. The quantitative estimate of drug-likeness (QED) is 0.327. The molecule has 1 aliphatic heterocycles. The van der Waals surface area contributed by atoms with Gasteiger partial charge in [0.15, 0.2) is 5.11 Å². The van der Waals surface area contributed by atoms with Gasteiger partial charge < -0.3 is 19.1 Å². The van der Waals surface area contributed by atoms with Gasteiger partial charge >= 0.3 is 5.97 Å². The number of carbonyl (C=O) groups excluding carboxylic acids is 2. The number of fused-ring (bicyclic) bond motifs is 1. The summed E-state index contributed by atoms with van der Waals surface area (Å²) in [4.78, 5) is 38.6. The molecule has 0 aliphatic carbocycles. The fourth-order valence-corrected chi connectivity index (χ4v) is 3.94. The van der Waals surface area contributed by atoms with E-state index in [1.807, 2.05) is 0 Å². The van der Waals surface area contributed by atoms with E-state index in [9.17, 15) is 19.5 Å². The van der Waals surface area contributed by atoms with Crippen LogP contribution in [-0.2, 0) is 20.9 Å². The predicted octanol–water partition coefficient (Wildman–Crippen LogP) is 2.57. The smallest absolute Gasteiger partial charge is 0.323 e. The number of carboxylic acid groups (broad SMARTS) is 1. The van der Waals surface area contributed by atoms with Crippen LogP contribution >= 0.6 is 12.2 Å². The number of carbonyl (C=O) groups is 3. The Labute approximate surface area is 193 Å². The second-order valence-electron chi connectivity index (χ2n) is 7.12. The maximum atomic E-state index is 13.4. The molecule has 4 rings (SSSR count). The van der Waals surface area contributed by atoms with Crippen LogP contribution < -0.4 is 19.7 Å². The zero-order valence-electron chi connectivity index (χ0n) is 17.7. The van der Waals surface area contributed by atoms with Crippen LogP contribution in [0.1, 0.15) is 5.56 Å². The second kappa shape index (κ2) is 8.75. The number of nitrogens with one attached hydrogen (secondary N) is 1. The fraction of sp³-hybridized carbons (Fsp3) is 0.130. The summed E-state index contributed by atoms with van der Waals surface area (Å²) in [5.74, 6) is -1.44. The lowest BCUT2D eigenvalue weighted by Crippen LogP contribution is -2.54. The molecule has 0 unspecified atom stereocenters. The Morgan fingerprint density at radius 2 is 1.91 bits per heavy atom. The number of methoxy groups -OCH3 is 2. The van der Waals surface area contributed by atoms with Crippen molar-refractivity contribution in [3.63, 3.8) is 0 Å². The first kappa shape index (κ1) is 22.0. The van der Waals surface area contributed by atoms with Crippen LogP contribution in [0.15, 0.2) is 54.2 Å². The lowest BCUT2D eigenvalue weighted by molar-refractivity contribution is -0.137. The Morgan fingerprint density at radius 1 is 1.15 bits per heavy atom. The molecule has 0 atom stereocenters. The molecule has 0 bridgehead atoms. The van der Waals surface area contributed by atoms with E-state index >= 15 is 0 Å². The number of hydrogen-bond donors (Lipinski definition) is 2. The molecule has 168 valence electrons. The van der Waals surface area contributed by atoms with Gasteiger partial charge in [-0.3, -0.25) is 19.7 Å². The minimum atomic E-state index is -1.01. The molecule has 0 radical (unpaired) electrons. The van der Waals surface area contributed by atoms with Crippen molar-refractivity contribution in [1.82, 2.24) is 9.88 Å². The van der Waals surface area contributed by atoms with Gasteiger partial charge in [0.2, 0.25) is 0 Å². The standard InChI is InChI=1S/C23H19N3O6S/c1-31-14-7-8-18(19(10-14)32-2)26-22(30)16(21(29)24-23(26)33)9-13-11-25(12-20(27)28)17-6-4-3-5-15(13)17/h3-11H,12H2,1-2H3,(H,27,28)(H,24,29,33)/b16-9+. The van der Waals surface area contributed by atoms with E-state index in [0.29, 0.717) is 33.7 Å². The molecule has 1 saturated heterocycles. The normalized spacial score (nSPS) is 15.2. The molecule has 2 N–H and O–H groups in total. The van der Waals surface area contributed by atoms with E-state index in [1.165, 1.54) is 25.2 Å². The van der Waals surface area contributed by atoms with E-state index in [4.69, 9.17) is 21.7 Å². The molecule has 2 heterocycles. The molecule has 1 fully saturated rings. The van der Waals surface area contributed by atoms with Crippen molar-refractivity contribution >= 4 is 57.8 Å². The van der Waals surface area contributed by atoms with Crippen molar-refractivity contribution in [1.29, 1.82) is 0 Å². The van der Waals surface area contributed by atoms with Gasteiger partial charge in [-0.05, 0) is 36.5 Å². The minimum absolute atomic E-state index is 0.0843. The van der Waals surface area contributed by atoms with Gasteiger partial charge in [0.05, 0.1) is 19.9 Å². The molecule has 3 aromatic rings. The van der Waals surface area contributed by atoms with E-state index in [-0.39, 0.29) is 17.2 Å². The van der Waals surface area contributed by atoms with Crippen molar-refractivity contribution in [2.75, 3.05) is 19.1 Å². The van der Waals surface area contributed by atoms with E-state index < -0.39 is 17.8 Å². The van der Waals surface area contributed by atoms with Crippen LogP contribution in [0.5, 0.6) is 11.5 Å². The van der Waals surface area contributed by atoms with Crippen LogP contribution in [0.2, 0.25) is 0 Å². The van der Waals surface area contributed by atoms with Gasteiger partial charge in [-0.1, -0.05) is 18.2 Å². The number of hydrogen-bond acceptors (Lipinski definition) is 6. The number of anilines is 1. The summed E-state index contributed by atoms with van der Waals surface area (Å²) in [6.07, 6.45) is 3.03. The number of nitrogens with zero attached hydrogens (tertiary/aromatic N) is 2. The SMILES string of the molecule is COc1ccc(N2C(=O)/C(=C/c3cn(CC(=O)O)c4ccccc34)C(=O)NC2=S)c(OC)c1. The largest absolute Gasteiger partial charge is 0.497 e. The highest BCUT2D eigenvalue weighted by atomic mass is 32.1. The predicted molar refractivity (Wildman–Crippen MR) is 125 cm³/mol. The molecular weight excluding hydrogens is 446 g/mol. The number of para-hydroxylation sites is 1. The number of carboxylic acids is 1. The maximum absolute atomic E-state index is 13.4. The monoisotopic (exact) mass is 465 g/mol. The highest BCUT2D eigenvalue weighted by molar-refractivity contribution is 7.80. The summed E-state index contributed by atoms with van der Waals surface area (Å²) in [5.41, 5.74) is 1.38. The Hall–Kier alpha value is -4.18. The highest BCUT2D eigenvalue weighted by Gasteiger charge is 2.36. The first-order valence-electron chi connectivity index (χ1n) is 9.77. The third-order valence-corrected chi connectivity index (χ3v) is 5.44. The number of thiocarbonyl (C=S) groups is 1. The lowest BCUT2D eigenvalue weighted by atomic mass is 10.1. The average molecular weight is 465 g/mol. The Balaban J connectivity index is 1.81. The van der Waals surface area contributed by atoms with Crippen molar-refractivity contribution in [2.24, 2.45) is 0 Å². The number of rotatable bonds is 6. The highest BCUT2D eigenvalue weighted by Crippen LogP contribution is 2.34. The Kier molecular flexibility index (Phi) is 5.84. The number of amides is 2.